The average Bonchev–Trinajstić information content (AvgIpc) is 3.48. The molecule has 9 nitrogen and oxygen atoms in total. The first kappa shape index (κ1) is 21.0. The number of fused-ring (bicyclic) bond motifs is 1. The van der Waals surface area contributed by atoms with Crippen LogP contribution >= 0.6 is 11.3 Å². The van der Waals surface area contributed by atoms with Crippen LogP contribution in [0.25, 0.3) is 11.2 Å². The van der Waals surface area contributed by atoms with E-state index in [1.165, 1.54) is 17.7 Å². The molecule has 0 radical (unpaired) electrons. The second-order valence-corrected chi connectivity index (χ2v) is 10.9. The van der Waals surface area contributed by atoms with Crippen molar-refractivity contribution < 1.29 is 8.42 Å². The van der Waals surface area contributed by atoms with E-state index in [2.05, 4.69) is 25.2 Å². The molecule has 1 aliphatic heterocycles. The lowest BCUT2D eigenvalue weighted by molar-refractivity contribution is 0.385. The van der Waals surface area contributed by atoms with E-state index in [-0.39, 0.29) is 0 Å². The number of sulfonamides is 1. The summed E-state index contributed by atoms with van der Waals surface area (Å²) in [5, 5.41) is 8.62. The lowest BCUT2D eigenvalue weighted by Crippen LogP contribution is -2.48. The Balaban J connectivity index is 1.34. The molecule has 0 spiro atoms. The van der Waals surface area contributed by atoms with Gasteiger partial charge in [0.15, 0.2) is 17.0 Å². The molecule has 1 fully saturated rings. The van der Waals surface area contributed by atoms with Crippen molar-refractivity contribution in [2.75, 3.05) is 31.1 Å². The molecule has 0 saturated carbocycles. The maximum atomic E-state index is 13.0. The summed E-state index contributed by atoms with van der Waals surface area (Å²) in [5.74, 6) is 0.691. The molecular weight excluding hydrogens is 446 g/mol. The number of hydrogen-bond donors (Lipinski definition) is 0. The maximum Gasteiger partial charge on any atom is 0.252 e. The van der Waals surface area contributed by atoms with Gasteiger partial charge in [-0.2, -0.15) is 4.31 Å². The third-order valence-electron chi connectivity index (χ3n) is 5.57. The Labute approximate surface area is 190 Å². The molecule has 4 heterocycles. The molecule has 1 aromatic carbocycles. The zero-order valence-corrected chi connectivity index (χ0v) is 19.3. The number of anilines is 1. The number of rotatable bonds is 6. The highest BCUT2D eigenvalue weighted by Gasteiger charge is 2.31. The summed E-state index contributed by atoms with van der Waals surface area (Å²) in [7, 11) is -3.47. The number of benzene rings is 1. The van der Waals surface area contributed by atoms with Crippen LogP contribution in [-0.4, -0.2) is 63.9 Å². The van der Waals surface area contributed by atoms with Gasteiger partial charge in [-0.15, -0.1) is 16.4 Å². The molecule has 32 heavy (non-hydrogen) atoms. The van der Waals surface area contributed by atoms with Gasteiger partial charge in [-0.3, -0.25) is 0 Å². The summed E-state index contributed by atoms with van der Waals surface area (Å²) < 4.78 is 29.8. The van der Waals surface area contributed by atoms with E-state index in [0.29, 0.717) is 53.9 Å². The van der Waals surface area contributed by atoms with Crippen LogP contribution in [-0.2, 0) is 23.0 Å². The smallest absolute Gasteiger partial charge is 0.252 e. The molecule has 3 aromatic heterocycles. The Morgan fingerprint density at radius 3 is 2.50 bits per heavy atom. The van der Waals surface area contributed by atoms with Gasteiger partial charge in [0, 0.05) is 31.1 Å². The predicted octanol–water partition coefficient (Wildman–Crippen LogP) is 2.40. The van der Waals surface area contributed by atoms with Crippen molar-refractivity contribution in [1.82, 2.24) is 29.3 Å². The molecule has 1 aliphatic rings. The van der Waals surface area contributed by atoms with Gasteiger partial charge in [-0.1, -0.05) is 42.5 Å². The number of nitrogens with zero attached hydrogens (tertiary/aromatic N) is 7. The van der Waals surface area contributed by atoms with Crippen LogP contribution < -0.4 is 4.90 Å². The minimum absolute atomic E-state index is 0.394. The van der Waals surface area contributed by atoms with Gasteiger partial charge in [0.2, 0.25) is 0 Å². The van der Waals surface area contributed by atoms with Gasteiger partial charge in [0.1, 0.15) is 10.5 Å². The quantitative estimate of drug-likeness (QED) is 0.428. The number of hydrogen-bond acceptors (Lipinski definition) is 8. The summed E-state index contributed by atoms with van der Waals surface area (Å²) in [6.07, 6.45) is 2.35. The van der Waals surface area contributed by atoms with Gasteiger partial charge < -0.3 is 4.90 Å². The first-order valence-electron chi connectivity index (χ1n) is 10.5. The van der Waals surface area contributed by atoms with Crippen LogP contribution in [0.1, 0.15) is 17.4 Å². The van der Waals surface area contributed by atoms with Crippen LogP contribution in [0.2, 0.25) is 0 Å². The van der Waals surface area contributed by atoms with Crippen molar-refractivity contribution in [2.24, 2.45) is 0 Å². The highest BCUT2D eigenvalue weighted by atomic mass is 32.2. The Hall–Kier alpha value is -2.89. The van der Waals surface area contributed by atoms with Gasteiger partial charge in [0.05, 0.1) is 6.54 Å². The summed E-state index contributed by atoms with van der Waals surface area (Å²) >= 11 is 1.35. The van der Waals surface area contributed by atoms with E-state index in [0.717, 1.165) is 16.9 Å². The molecule has 0 bridgehead atoms. The van der Waals surface area contributed by atoms with Crippen molar-refractivity contribution in [3.63, 3.8) is 0 Å². The van der Waals surface area contributed by atoms with Gasteiger partial charge >= 0.3 is 0 Å². The van der Waals surface area contributed by atoms with Gasteiger partial charge in [-0.05, 0) is 24.1 Å². The lowest BCUT2D eigenvalue weighted by Gasteiger charge is -2.34. The molecule has 11 heteroatoms. The molecule has 0 aliphatic carbocycles. The summed E-state index contributed by atoms with van der Waals surface area (Å²) in [4.78, 5) is 12.0. The Bertz CT molecular complexity index is 1330. The third-order valence-corrected chi connectivity index (χ3v) is 9.17. The standard InChI is InChI=1S/C21H23N7O2S2/c1-2-17-8-9-18(31-17)32(29,30)27-12-10-26(11-13-27)20-19-21(23-15-22-20)28(25-24-19)14-16-6-4-3-5-7-16/h3-9,15H,2,10-14H2,1H3. The maximum absolute atomic E-state index is 13.0. The fourth-order valence-electron chi connectivity index (χ4n) is 3.83. The van der Waals surface area contributed by atoms with E-state index in [1.807, 2.05) is 43.3 Å². The van der Waals surface area contributed by atoms with Crippen LogP contribution in [0, 0.1) is 0 Å². The van der Waals surface area contributed by atoms with Crippen LogP contribution in [0.15, 0.2) is 53.0 Å². The fraction of sp³-hybridized carbons (Fsp3) is 0.333. The summed E-state index contributed by atoms with van der Waals surface area (Å²) in [5.41, 5.74) is 2.41. The average molecular weight is 470 g/mol. The first-order valence-corrected chi connectivity index (χ1v) is 12.7. The molecule has 166 valence electrons. The molecular formula is C21H23N7O2S2. The molecule has 0 atom stereocenters. The van der Waals surface area contributed by atoms with E-state index in [4.69, 9.17) is 0 Å². The van der Waals surface area contributed by atoms with E-state index < -0.39 is 10.0 Å². The van der Waals surface area contributed by atoms with Crippen molar-refractivity contribution >= 4 is 38.3 Å². The largest absolute Gasteiger partial charge is 0.352 e. The van der Waals surface area contributed by atoms with Crippen LogP contribution in [0.3, 0.4) is 0 Å². The molecule has 4 aromatic rings. The van der Waals surface area contributed by atoms with E-state index >= 15 is 0 Å². The summed E-state index contributed by atoms with van der Waals surface area (Å²) in [6, 6.07) is 13.6. The van der Waals surface area contributed by atoms with Crippen molar-refractivity contribution in [2.45, 2.75) is 24.1 Å². The second-order valence-electron chi connectivity index (χ2n) is 7.57. The minimum atomic E-state index is -3.47. The fourth-order valence-corrected chi connectivity index (χ4v) is 6.70. The van der Waals surface area contributed by atoms with E-state index in [1.54, 1.807) is 15.1 Å². The second kappa shape index (κ2) is 8.57. The molecule has 1 saturated heterocycles. The predicted molar refractivity (Wildman–Crippen MR) is 123 cm³/mol. The van der Waals surface area contributed by atoms with E-state index in [9.17, 15) is 8.42 Å². The topological polar surface area (TPSA) is 97.1 Å². The number of aromatic nitrogens is 5. The van der Waals surface area contributed by atoms with Crippen molar-refractivity contribution in [3.05, 3.63) is 59.2 Å². The van der Waals surface area contributed by atoms with Gasteiger partial charge in [-0.25, -0.2) is 23.1 Å². The van der Waals surface area contributed by atoms with Crippen LogP contribution in [0.4, 0.5) is 5.82 Å². The molecule has 5 rings (SSSR count). The Kier molecular flexibility index (Phi) is 5.62. The zero-order valence-electron chi connectivity index (χ0n) is 17.6. The van der Waals surface area contributed by atoms with Crippen LogP contribution in [0.5, 0.6) is 0 Å². The normalized spacial score (nSPS) is 15.5. The highest BCUT2D eigenvalue weighted by molar-refractivity contribution is 7.91. The minimum Gasteiger partial charge on any atom is -0.352 e. The lowest BCUT2D eigenvalue weighted by atomic mass is 10.2. The van der Waals surface area contributed by atoms with Gasteiger partial charge in [0.25, 0.3) is 10.0 Å². The number of aryl methyl sites for hydroxylation is 1. The number of thiophene rings is 1. The first-order chi connectivity index (χ1) is 15.6. The molecule has 0 amide bonds. The number of piperazine rings is 1. The zero-order chi connectivity index (χ0) is 22.1. The Morgan fingerprint density at radius 2 is 1.78 bits per heavy atom. The monoisotopic (exact) mass is 469 g/mol. The molecule has 0 N–H and O–H groups in total. The third kappa shape index (κ3) is 3.87. The molecule has 0 unspecified atom stereocenters. The highest BCUT2D eigenvalue weighted by Crippen LogP contribution is 2.28. The SMILES string of the molecule is CCc1ccc(S(=O)(=O)N2CCN(c3ncnc4c3nnn4Cc3ccccc3)CC2)s1. The van der Waals surface area contributed by atoms with Crippen molar-refractivity contribution in [1.29, 1.82) is 0 Å². The summed E-state index contributed by atoms with van der Waals surface area (Å²) in [6.45, 7) is 4.45. The Morgan fingerprint density at radius 1 is 1.00 bits per heavy atom. The van der Waals surface area contributed by atoms with Crippen molar-refractivity contribution in [3.8, 4) is 0 Å².